The topological polar surface area (TPSA) is 272 Å². The first-order chi connectivity index (χ1) is 28.8. The number of aliphatic hydroxyl groups excluding tert-OH is 1. The van der Waals surface area contributed by atoms with Crippen LogP contribution in [-0.2, 0) is 39.9 Å². The summed E-state index contributed by atoms with van der Waals surface area (Å²) in [5.74, 6) is 6.28. The monoisotopic (exact) mass is 861 g/mol. The predicted octanol–water partition coefficient (Wildman–Crippen LogP) is 2.77. The summed E-state index contributed by atoms with van der Waals surface area (Å²) >= 11 is 0. The third kappa shape index (κ3) is 24.0. The Morgan fingerprint density at radius 1 is 0.934 bits per heavy atom. The number of aliphatic hydroxyl groups is 1. The number of hydrogen-bond donors (Lipinski definition) is 8. The highest BCUT2D eigenvalue weighted by atomic mass is 16.5. The highest BCUT2D eigenvalue weighted by molar-refractivity contribution is 6.55. The number of carbonyl (C=O) groups excluding carboxylic acids is 5. The van der Waals surface area contributed by atoms with E-state index >= 15 is 0 Å². The second kappa shape index (κ2) is 29.8. The number of carbonyl (C=O) groups is 5. The fraction of sp³-hybridized carbons (Fsp3) is 0.690. The largest absolute Gasteiger partial charge is 0.470 e. The molecule has 344 valence electrons. The Balaban J connectivity index is 0.000000496. The van der Waals surface area contributed by atoms with Gasteiger partial charge >= 0.3 is 6.09 Å². The molecule has 18 nitrogen and oxygen atoms in total. The normalized spacial score (nSPS) is 17.4. The van der Waals surface area contributed by atoms with Crippen LogP contribution in [0.4, 0.5) is 15.3 Å². The summed E-state index contributed by atoms with van der Waals surface area (Å²) in [5.41, 5.74) is 14.5. The summed E-state index contributed by atoms with van der Waals surface area (Å²) in [6, 6.07) is 5.93. The lowest BCUT2D eigenvalue weighted by atomic mass is 9.95. The van der Waals surface area contributed by atoms with Gasteiger partial charge in [0.1, 0.15) is 12.6 Å². The number of nitrogens with one attached hydrogen (secondary N) is 4. The molecule has 1 saturated carbocycles. The van der Waals surface area contributed by atoms with Gasteiger partial charge in [0.15, 0.2) is 0 Å². The third-order valence-electron chi connectivity index (χ3n) is 9.88. The van der Waals surface area contributed by atoms with Crippen LogP contribution in [0.3, 0.4) is 0 Å². The minimum atomic E-state index is -0.863. The van der Waals surface area contributed by atoms with Gasteiger partial charge in [-0.2, -0.15) is 0 Å². The van der Waals surface area contributed by atoms with Gasteiger partial charge in [-0.25, -0.2) is 10.6 Å². The number of allylic oxidation sites excluding steroid dienone is 2. The smallest absolute Gasteiger partial charge is 0.406 e. The SMILES string of the molecule is CC(C)(CCO)N(N)/C1=C(\N)CCC2CC2CC1.COC(=O)NCCOCCOCCN.[B]C(=O)OCc1ccc(NC(=O)CNC(=O)C(NC(=O)CC(C)C)C(C)C)cc1. The van der Waals surface area contributed by atoms with Gasteiger partial charge in [-0.3, -0.25) is 19.2 Å². The lowest BCUT2D eigenvalue weighted by Gasteiger charge is -2.39. The molecule has 2 aliphatic rings. The Morgan fingerprint density at radius 2 is 1.56 bits per heavy atom. The fourth-order valence-corrected chi connectivity index (χ4v) is 6.18. The van der Waals surface area contributed by atoms with Gasteiger partial charge in [0.05, 0.1) is 45.6 Å². The van der Waals surface area contributed by atoms with Gasteiger partial charge in [-0.15, -0.1) is 0 Å². The number of rotatable bonds is 22. The maximum atomic E-state index is 12.4. The number of hydrazine groups is 1. The number of anilines is 1. The summed E-state index contributed by atoms with van der Waals surface area (Å²) in [7, 11) is 6.22. The molecule has 3 unspecified atom stereocenters. The van der Waals surface area contributed by atoms with Crippen molar-refractivity contribution in [3.63, 3.8) is 0 Å². The van der Waals surface area contributed by atoms with Gasteiger partial charge in [0.25, 0.3) is 0 Å². The van der Waals surface area contributed by atoms with Crippen LogP contribution in [0.2, 0.25) is 0 Å². The quantitative estimate of drug-likeness (QED) is 0.0361. The molecule has 1 fully saturated rings. The highest BCUT2D eigenvalue weighted by Crippen LogP contribution is 2.48. The number of nitrogens with two attached hydrogens (primary N) is 3. The van der Waals surface area contributed by atoms with Gasteiger partial charge in [0.2, 0.25) is 31.4 Å². The Kier molecular flexibility index (Phi) is 26.6. The molecular weight excluding hydrogens is 787 g/mol. The van der Waals surface area contributed by atoms with E-state index in [9.17, 15) is 24.0 Å². The van der Waals surface area contributed by atoms with Crippen LogP contribution in [0.15, 0.2) is 35.7 Å². The van der Waals surface area contributed by atoms with E-state index in [-0.39, 0.29) is 43.0 Å². The second-order valence-electron chi connectivity index (χ2n) is 16.4. The molecule has 1 aromatic carbocycles. The minimum absolute atomic E-state index is 0.0404. The molecule has 2 aliphatic carbocycles. The zero-order valence-electron chi connectivity index (χ0n) is 37.4. The molecule has 0 aromatic heterocycles. The first kappa shape index (κ1) is 54.6. The lowest BCUT2D eigenvalue weighted by Crippen LogP contribution is -2.51. The van der Waals surface area contributed by atoms with E-state index in [0.29, 0.717) is 63.6 Å². The van der Waals surface area contributed by atoms with Gasteiger partial charge < -0.3 is 61.8 Å². The first-order valence-electron chi connectivity index (χ1n) is 21.0. The summed E-state index contributed by atoms with van der Waals surface area (Å²) in [4.78, 5) is 57.6. The molecule has 0 heterocycles. The van der Waals surface area contributed by atoms with Crippen molar-refractivity contribution < 1.29 is 48.0 Å². The molecule has 2 radical (unpaired) electrons. The fourth-order valence-electron chi connectivity index (χ4n) is 6.18. The molecule has 4 amide bonds. The van der Waals surface area contributed by atoms with Crippen molar-refractivity contribution in [2.75, 3.05) is 65.1 Å². The van der Waals surface area contributed by atoms with Crippen LogP contribution in [0.5, 0.6) is 0 Å². The summed E-state index contributed by atoms with van der Waals surface area (Å²) in [6.07, 6.45) is 6.30. The van der Waals surface area contributed by atoms with Crippen LogP contribution < -0.4 is 38.6 Å². The molecule has 19 heteroatoms. The van der Waals surface area contributed by atoms with Crippen LogP contribution in [0.25, 0.3) is 0 Å². The van der Waals surface area contributed by atoms with Crippen molar-refractivity contribution in [1.82, 2.24) is 21.0 Å². The van der Waals surface area contributed by atoms with E-state index in [4.69, 9.17) is 39.7 Å². The number of amides is 4. The van der Waals surface area contributed by atoms with E-state index in [1.807, 2.05) is 27.7 Å². The van der Waals surface area contributed by atoms with E-state index < -0.39 is 29.8 Å². The highest BCUT2D eigenvalue weighted by Gasteiger charge is 2.38. The molecule has 3 rings (SSSR count). The molecule has 3 atom stereocenters. The van der Waals surface area contributed by atoms with Gasteiger partial charge in [-0.05, 0) is 93.7 Å². The van der Waals surface area contributed by atoms with Gasteiger partial charge in [-0.1, -0.05) is 39.8 Å². The maximum absolute atomic E-state index is 12.4. The third-order valence-corrected chi connectivity index (χ3v) is 9.88. The second-order valence-corrected chi connectivity index (χ2v) is 16.4. The summed E-state index contributed by atoms with van der Waals surface area (Å²) < 4.78 is 19.3. The van der Waals surface area contributed by atoms with Crippen LogP contribution in [-0.4, -0.2) is 119 Å². The number of ether oxygens (including phenoxy) is 4. The van der Waals surface area contributed by atoms with Crippen molar-refractivity contribution in [1.29, 1.82) is 0 Å². The first-order valence-corrected chi connectivity index (χ1v) is 21.0. The van der Waals surface area contributed by atoms with Crippen molar-refractivity contribution in [2.45, 2.75) is 105 Å². The zero-order valence-corrected chi connectivity index (χ0v) is 37.4. The maximum Gasteiger partial charge on any atom is 0.406 e. The van der Waals surface area contributed by atoms with E-state index in [1.165, 1.54) is 26.4 Å². The van der Waals surface area contributed by atoms with Crippen molar-refractivity contribution in [3.8, 4) is 0 Å². The molecule has 0 spiro atoms. The molecular formula is C42H73BN8O10. The molecule has 0 saturated heterocycles. The van der Waals surface area contributed by atoms with Crippen molar-refractivity contribution in [3.05, 3.63) is 41.2 Å². The Hall–Kier alpha value is -4.43. The standard InChI is InChI=1S/C20H28BN3O5.C14H27N3O.C8H18N2O4/c1-12(2)9-16(25)24-18(13(3)4)19(27)22-10-17(26)23-15-7-5-14(6-8-15)11-29-20(21)28;1-14(2,7-8-18)17(16)13-6-4-11-9-10(11)3-5-12(13)15;1-12-8(11)10-3-5-14-7-6-13-4-2-9/h5-8,12-13,18H,9-11H2,1-4H3,(H,22,27)(H,23,26)(H,24,25);10-11,18H,3-9,15-16H2,1-2H3;2-7,9H2,1H3,(H,10,11)/b;13-12-;. The molecule has 0 bridgehead atoms. The van der Waals surface area contributed by atoms with E-state index in [1.54, 1.807) is 29.3 Å². The minimum Gasteiger partial charge on any atom is -0.470 e. The van der Waals surface area contributed by atoms with Crippen molar-refractivity contribution >= 4 is 43.2 Å². The summed E-state index contributed by atoms with van der Waals surface area (Å²) in [5, 5.41) is 21.3. The lowest BCUT2D eigenvalue weighted by molar-refractivity contribution is -0.131. The Bertz CT molecular complexity index is 1510. The Labute approximate surface area is 363 Å². The molecule has 11 N–H and O–H groups in total. The number of hydrogen-bond acceptors (Lipinski definition) is 14. The number of nitrogens with zero attached hydrogens (tertiary/aromatic N) is 1. The zero-order chi connectivity index (χ0) is 46.0. The van der Waals surface area contributed by atoms with Crippen molar-refractivity contribution in [2.24, 2.45) is 41.0 Å². The van der Waals surface area contributed by atoms with E-state index in [0.717, 1.165) is 36.1 Å². The van der Waals surface area contributed by atoms with Gasteiger partial charge in [0, 0.05) is 43.2 Å². The van der Waals surface area contributed by atoms with Crippen LogP contribution in [0, 0.1) is 23.7 Å². The van der Waals surface area contributed by atoms with Crippen LogP contribution in [0.1, 0.15) is 92.1 Å². The number of fused-ring (bicyclic) bond motifs is 1. The Morgan fingerprint density at radius 3 is 2.11 bits per heavy atom. The average Bonchev–Trinajstić information content (AvgIpc) is 3.95. The summed E-state index contributed by atoms with van der Waals surface area (Å²) in [6.45, 7) is 14.5. The van der Waals surface area contributed by atoms with Crippen LogP contribution >= 0.6 is 0 Å². The predicted molar refractivity (Wildman–Crippen MR) is 234 cm³/mol. The average molecular weight is 861 g/mol. The molecule has 1 aromatic rings. The number of benzene rings is 1. The molecule has 0 aliphatic heterocycles. The number of alkyl carbamates (subject to hydrolysis) is 1. The molecule has 61 heavy (non-hydrogen) atoms. The van der Waals surface area contributed by atoms with E-state index in [2.05, 4.69) is 44.6 Å². The number of methoxy groups -OCH3 is 1.